The minimum Gasteiger partial charge on any atom is -0.454 e. The maximum Gasteiger partial charge on any atom is 0.326 e. The summed E-state index contributed by atoms with van der Waals surface area (Å²) < 4.78 is 5.64. The summed E-state index contributed by atoms with van der Waals surface area (Å²) in [4.78, 5) is 61.7. The molecule has 4 atom stereocenters. The summed E-state index contributed by atoms with van der Waals surface area (Å²) in [5.74, 6) is -3.55. The van der Waals surface area contributed by atoms with Gasteiger partial charge in [0.05, 0.1) is 11.8 Å². The molecule has 9 nitrogen and oxygen atoms in total. The SMILES string of the molecule is O=C(COC(=O)CN1C(=O)[C@@H]2[C@H](C1=O)[C@H]1C=C[C@H]2C1)NNC(=O)c1ccc(Br)cc1. The van der Waals surface area contributed by atoms with E-state index in [1.54, 1.807) is 24.3 Å². The third kappa shape index (κ3) is 3.74. The van der Waals surface area contributed by atoms with Crippen molar-refractivity contribution in [3.8, 4) is 0 Å². The molecule has 1 aromatic rings. The Kier molecular flexibility index (Phi) is 5.42. The van der Waals surface area contributed by atoms with E-state index in [0.717, 1.165) is 15.8 Å². The molecule has 3 aliphatic rings. The summed E-state index contributed by atoms with van der Waals surface area (Å²) in [6.45, 7) is -1.18. The average molecular weight is 476 g/mol. The molecule has 1 saturated carbocycles. The molecule has 156 valence electrons. The minimum absolute atomic E-state index is 0.0533. The number of carbonyl (C=O) groups excluding carboxylic acids is 5. The van der Waals surface area contributed by atoms with Crippen molar-refractivity contribution >= 4 is 45.5 Å². The van der Waals surface area contributed by atoms with Crippen LogP contribution in [0.15, 0.2) is 40.9 Å². The Labute approximate surface area is 179 Å². The first-order valence-electron chi connectivity index (χ1n) is 9.39. The molecule has 2 bridgehead atoms. The number of halogens is 1. The summed E-state index contributed by atoms with van der Waals surface area (Å²) in [5, 5.41) is 0. The number of esters is 1. The van der Waals surface area contributed by atoms with Gasteiger partial charge in [-0.3, -0.25) is 39.7 Å². The number of imide groups is 1. The van der Waals surface area contributed by atoms with Gasteiger partial charge in [0, 0.05) is 10.0 Å². The molecule has 30 heavy (non-hydrogen) atoms. The summed E-state index contributed by atoms with van der Waals surface area (Å²) >= 11 is 3.25. The van der Waals surface area contributed by atoms with E-state index in [0.29, 0.717) is 5.56 Å². The Morgan fingerprint density at radius 1 is 1.00 bits per heavy atom. The first-order chi connectivity index (χ1) is 14.3. The summed E-state index contributed by atoms with van der Waals surface area (Å²) in [6, 6.07) is 6.48. The van der Waals surface area contributed by atoms with Gasteiger partial charge in [-0.1, -0.05) is 28.1 Å². The Balaban J connectivity index is 1.22. The van der Waals surface area contributed by atoms with Crippen LogP contribution >= 0.6 is 15.9 Å². The van der Waals surface area contributed by atoms with E-state index in [1.807, 2.05) is 12.2 Å². The van der Waals surface area contributed by atoms with Gasteiger partial charge in [0.25, 0.3) is 11.8 Å². The van der Waals surface area contributed by atoms with Gasteiger partial charge in [0.15, 0.2) is 6.61 Å². The highest BCUT2D eigenvalue weighted by atomic mass is 79.9. The Hall–Kier alpha value is -3.01. The van der Waals surface area contributed by atoms with Crippen molar-refractivity contribution in [2.75, 3.05) is 13.2 Å². The van der Waals surface area contributed by atoms with E-state index in [-0.39, 0.29) is 23.7 Å². The zero-order chi connectivity index (χ0) is 21.4. The van der Waals surface area contributed by atoms with Crippen LogP contribution in [0.3, 0.4) is 0 Å². The van der Waals surface area contributed by atoms with Gasteiger partial charge in [-0.25, -0.2) is 0 Å². The maximum atomic E-state index is 12.5. The van der Waals surface area contributed by atoms with Crippen molar-refractivity contribution in [1.29, 1.82) is 0 Å². The number of nitrogens with one attached hydrogen (secondary N) is 2. The summed E-state index contributed by atoms with van der Waals surface area (Å²) in [5.41, 5.74) is 4.66. The summed E-state index contributed by atoms with van der Waals surface area (Å²) in [6.07, 6.45) is 4.73. The monoisotopic (exact) mass is 475 g/mol. The topological polar surface area (TPSA) is 122 Å². The van der Waals surface area contributed by atoms with Gasteiger partial charge in [0.2, 0.25) is 11.8 Å². The molecule has 1 aromatic carbocycles. The third-order valence-electron chi connectivity index (χ3n) is 5.63. The molecule has 2 fully saturated rings. The molecule has 1 heterocycles. The highest BCUT2D eigenvalue weighted by Gasteiger charge is 2.59. The number of likely N-dealkylation sites (tertiary alicyclic amines) is 1. The molecule has 2 N–H and O–H groups in total. The van der Waals surface area contributed by atoms with E-state index < -0.39 is 42.8 Å². The van der Waals surface area contributed by atoms with Crippen LogP contribution in [0.5, 0.6) is 0 Å². The molecule has 0 radical (unpaired) electrons. The van der Waals surface area contributed by atoms with Crippen molar-refractivity contribution in [2.24, 2.45) is 23.7 Å². The molecule has 1 aliphatic heterocycles. The molecule has 10 heteroatoms. The van der Waals surface area contributed by atoms with Crippen LogP contribution in [0.25, 0.3) is 0 Å². The van der Waals surface area contributed by atoms with Crippen molar-refractivity contribution in [1.82, 2.24) is 15.8 Å². The normalized spacial score (nSPS) is 26.0. The Morgan fingerprint density at radius 2 is 1.60 bits per heavy atom. The largest absolute Gasteiger partial charge is 0.454 e. The highest BCUT2D eigenvalue weighted by Crippen LogP contribution is 2.52. The van der Waals surface area contributed by atoms with Gasteiger partial charge in [-0.2, -0.15) is 0 Å². The number of rotatable bonds is 5. The molecule has 1 saturated heterocycles. The van der Waals surface area contributed by atoms with E-state index in [2.05, 4.69) is 26.8 Å². The van der Waals surface area contributed by atoms with E-state index in [1.165, 1.54) is 0 Å². The second-order valence-corrected chi connectivity index (χ2v) is 8.35. The van der Waals surface area contributed by atoms with Gasteiger partial charge in [0.1, 0.15) is 6.54 Å². The quantitative estimate of drug-likeness (QED) is 0.277. The van der Waals surface area contributed by atoms with Crippen LogP contribution in [0.1, 0.15) is 16.8 Å². The predicted octanol–water partition coefficient (Wildman–Crippen LogP) is 0.560. The zero-order valence-corrected chi connectivity index (χ0v) is 17.3. The predicted molar refractivity (Wildman–Crippen MR) is 105 cm³/mol. The zero-order valence-electron chi connectivity index (χ0n) is 15.7. The van der Waals surface area contributed by atoms with Crippen LogP contribution in [0.2, 0.25) is 0 Å². The maximum absolute atomic E-state index is 12.5. The van der Waals surface area contributed by atoms with Crippen LogP contribution in [0, 0.1) is 23.7 Å². The summed E-state index contributed by atoms with van der Waals surface area (Å²) in [7, 11) is 0. The fourth-order valence-corrected chi connectivity index (χ4v) is 4.54. The first-order valence-corrected chi connectivity index (χ1v) is 10.2. The average Bonchev–Trinajstić information content (AvgIpc) is 3.41. The van der Waals surface area contributed by atoms with Crippen molar-refractivity contribution < 1.29 is 28.7 Å². The van der Waals surface area contributed by atoms with E-state index in [4.69, 9.17) is 4.74 Å². The second kappa shape index (κ2) is 8.02. The van der Waals surface area contributed by atoms with Crippen LogP contribution in [-0.4, -0.2) is 47.6 Å². The number of carbonyl (C=O) groups is 5. The van der Waals surface area contributed by atoms with Crippen molar-refractivity contribution in [2.45, 2.75) is 6.42 Å². The van der Waals surface area contributed by atoms with Crippen LogP contribution < -0.4 is 10.9 Å². The van der Waals surface area contributed by atoms with E-state index in [9.17, 15) is 24.0 Å². The van der Waals surface area contributed by atoms with Gasteiger partial charge >= 0.3 is 5.97 Å². The molecule has 2 aliphatic carbocycles. The van der Waals surface area contributed by atoms with Gasteiger partial charge in [-0.15, -0.1) is 0 Å². The van der Waals surface area contributed by atoms with Crippen LogP contribution in [-0.2, 0) is 23.9 Å². The standard InChI is InChI=1S/C20H18BrN3O6/c21-13-5-3-10(4-6-13)18(27)23-22-14(25)9-30-15(26)8-24-19(28)16-11-1-2-12(7-11)17(16)20(24)29/h1-6,11-12,16-17H,7-9H2,(H,22,25)(H,23,27)/t11-,12-,16-,17+/m0/s1. The fourth-order valence-electron chi connectivity index (χ4n) is 4.28. The lowest BCUT2D eigenvalue weighted by molar-refractivity contribution is -0.155. The number of benzene rings is 1. The fraction of sp³-hybridized carbons (Fsp3) is 0.350. The molecule has 4 amide bonds. The number of hydrogen-bond donors (Lipinski definition) is 2. The number of nitrogens with zero attached hydrogens (tertiary/aromatic N) is 1. The lowest BCUT2D eigenvalue weighted by atomic mass is 9.85. The number of fused-ring (bicyclic) bond motifs is 5. The number of amides is 4. The minimum atomic E-state index is -0.869. The lowest BCUT2D eigenvalue weighted by Gasteiger charge is -2.16. The van der Waals surface area contributed by atoms with Gasteiger partial charge < -0.3 is 4.74 Å². The Bertz CT molecular complexity index is 930. The number of hydrazine groups is 1. The molecule has 0 unspecified atom stereocenters. The van der Waals surface area contributed by atoms with Crippen molar-refractivity contribution in [3.05, 3.63) is 46.5 Å². The lowest BCUT2D eigenvalue weighted by Crippen LogP contribution is -2.44. The number of allylic oxidation sites excluding steroid dienone is 2. The Morgan fingerprint density at radius 3 is 2.20 bits per heavy atom. The van der Waals surface area contributed by atoms with Gasteiger partial charge in [-0.05, 0) is 42.5 Å². The number of ether oxygens (including phenoxy) is 1. The number of hydrogen-bond acceptors (Lipinski definition) is 6. The molecular formula is C20H18BrN3O6. The first kappa shape index (κ1) is 20.3. The molecule has 0 aromatic heterocycles. The smallest absolute Gasteiger partial charge is 0.326 e. The van der Waals surface area contributed by atoms with Crippen LogP contribution in [0.4, 0.5) is 0 Å². The molecule has 0 spiro atoms. The highest BCUT2D eigenvalue weighted by molar-refractivity contribution is 9.10. The van der Waals surface area contributed by atoms with Crippen molar-refractivity contribution in [3.63, 3.8) is 0 Å². The third-order valence-corrected chi connectivity index (χ3v) is 6.16. The second-order valence-electron chi connectivity index (χ2n) is 7.43. The molecular weight excluding hydrogens is 458 g/mol. The molecule has 4 rings (SSSR count). The van der Waals surface area contributed by atoms with E-state index >= 15 is 0 Å².